The monoisotopic (exact) mass is 432 g/mol. The highest BCUT2D eigenvalue weighted by molar-refractivity contribution is 5.85. The number of halogens is 1. The average Bonchev–Trinajstić information content (AvgIpc) is 3.02. The number of nitrogens with zero attached hydrogens (tertiary/aromatic N) is 2. The maximum Gasteiger partial charge on any atom is 0.123 e. The minimum absolute atomic E-state index is 0. The molecular weight excluding hydrogens is 404 g/mol. The smallest absolute Gasteiger partial charge is 0.123 e. The molecule has 3 aromatic carbocycles. The first-order valence-corrected chi connectivity index (χ1v) is 11.2. The van der Waals surface area contributed by atoms with Crippen LogP contribution in [0.3, 0.4) is 0 Å². The van der Waals surface area contributed by atoms with Crippen LogP contribution in [0.2, 0.25) is 0 Å². The van der Waals surface area contributed by atoms with Crippen LogP contribution in [0, 0.1) is 0 Å². The Hall–Kier alpha value is -2.49. The largest absolute Gasteiger partial charge is 0.496 e. The van der Waals surface area contributed by atoms with Crippen LogP contribution in [0.1, 0.15) is 34.6 Å². The molecule has 3 nitrogen and oxygen atoms in total. The van der Waals surface area contributed by atoms with E-state index in [1.165, 1.54) is 34.5 Å². The Morgan fingerprint density at radius 1 is 0.903 bits per heavy atom. The van der Waals surface area contributed by atoms with E-state index in [9.17, 15) is 0 Å². The van der Waals surface area contributed by atoms with Crippen LogP contribution in [0.4, 0.5) is 11.4 Å². The second-order valence-electron chi connectivity index (χ2n) is 8.86. The number of hydrogen-bond acceptors (Lipinski definition) is 3. The number of rotatable bonds is 3. The van der Waals surface area contributed by atoms with Crippen molar-refractivity contribution < 1.29 is 4.74 Å². The summed E-state index contributed by atoms with van der Waals surface area (Å²) < 4.78 is 5.61. The van der Waals surface area contributed by atoms with Crippen molar-refractivity contribution in [1.82, 2.24) is 4.90 Å². The summed E-state index contributed by atoms with van der Waals surface area (Å²) in [6.07, 6.45) is 3.48. The molecule has 1 saturated heterocycles. The SMILES string of the molecule is COc1ccccc1CN1CCC2C(C1)c1cccc3c1N2c1ccccc1CC3.Cl. The van der Waals surface area contributed by atoms with Gasteiger partial charge in [0, 0.05) is 48.5 Å². The molecule has 2 unspecified atom stereocenters. The van der Waals surface area contributed by atoms with E-state index in [0.29, 0.717) is 12.0 Å². The van der Waals surface area contributed by atoms with Gasteiger partial charge in [-0.05, 0) is 48.1 Å². The number of para-hydroxylation sites is 3. The molecule has 2 atom stereocenters. The third-order valence-electron chi connectivity index (χ3n) is 7.28. The van der Waals surface area contributed by atoms with Crippen molar-refractivity contribution >= 4 is 23.8 Å². The van der Waals surface area contributed by atoms with Crippen LogP contribution in [0.25, 0.3) is 0 Å². The highest BCUT2D eigenvalue weighted by atomic mass is 35.5. The van der Waals surface area contributed by atoms with Gasteiger partial charge in [-0.25, -0.2) is 0 Å². The minimum Gasteiger partial charge on any atom is -0.496 e. The van der Waals surface area contributed by atoms with E-state index < -0.39 is 0 Å². The number of anilines is 2. The minimum atomic E-state index is 0. The fraction of sp³-hybridized carbons (Fsp3) is 0.333. The molecular formula is C27H29ClN2O. The molecule has 0 bridgehead atoms. The molecule has 4 heteroatoms. The number of ether oxygens (including phenoxy) is 1. The molecule has 3 aliphatic rings. The van der Waals surface area contributed by atoms with Crippen molar-refractivity contribution in [2.24, 2.45) is 0 Å². The Morgan fingerprint density at radius 3 is 2.58 bits per heavy atom. The fourth-order valence-electron chi connectivity index (χ4n) is 5.94. The van der Waals surface area contributed by atoms with E-state index in [1.54, 1.807) is 12.7 Å². The van der Waals surface area contributed by atoms with E-state index in [2.05, 4.69) is 76.5 Å². The first-order valence-electron chi connectivity index (χ1n) is 11.2. The van der Waals surface area contributed by atoms with Crippen molar-refractivity contribution in [2.45, 2.75) is 37.8 Å². The van der Waals surface area contributed by atoms with E-state index in [-0.39, 0.29) is 12.4 Å². The molecule has 6 rings (SSSR count). The maximum atomic E-state index is 5.61. The molecule has 3 heterocycles. The van der Waals surface area contributed by atoms with Crippen molar-refractivity contribution in [2.75, 3.05) is 25.1 Å². The standard InChI is InChI=1S/C27H28N2O.ClH/c1-30-26-12-5-3-8-21(26)17-28-16-15-25-23(18-28)22-10-6-9-20-14-13-19-7-2-4-11-24(19)29(25)27(20)22;/h2-12,23,25H,13-18H2,1H3;1H. The molecule has 0 N–H and O–H groups in total. The van der Waals surface area contributed by atoms with Crippen LogP contribution in [0.15, 0.2) is 66.7 Å². The van der Waals surface area contributed by atoms with Crippen LogP contribution in [0.5, 0.6) is 5.75 Å². The molecule has 1 fully saturated rings. The Bertz CT molecular complexity index is 1100. The number of aryl methyl sites for hydroxylation is 2. The van der Waals surface area contributed by atoms with Crippen LogP contribution < -0.4 is 9.64 Å². The summed E-state index contributed by atoms with van der Waals surface area (Å²) in [5.41, 5.74) is 8.81. The lowest BCUT2D eigenvalue weighted by Gasteiger charge is -2.39. The zero-order chi connectivity index (χ0) is 20.1. The number of methoxy groups -OCH3 is 1. The first-order chi connectivity index (χ1) is 14.8. The Kier molecular flexibility index (Phi) is 5.41. The average molecular weight is 433 g/mol. The summed E-state index contributed by atoms with van der Waals surface area (Å²) in [5.74, 6) is 1.56. The molecule has 0 spiro atoms. The lowest BCUT2D eigenvalue weighted by molar-refractivity contribution is 0.187. The second-order valence-corrected chi connectivity index (χ2v) is 8.86. The Labute approximate surface area is 191 Å². The van der Waals surface area contributed by atoms with Gasteiger partial charge in [-0.1, -0.05) is 54.6 Å². The molecule has 0 aliphatic carbocycles. The van der Waals surface area contributed by atoms with Gasteiger partial charge in [0.1, 0.15) is 5.75 Å². The molecule has 3 aromatic rings. The fourth-order valence-corrected chi connectivity index (χ4v) is 5.94. The van der Waals surface area contributed by atoms with Crippen LogP contribution in [-0.4, -0.2) is 31.1 Å². The van der Waals surface area contributed by atoms with Gasteiger partial charge in [0.15, 0.2) is 0 Å². The zero-order valence-corrected chi connectivity index (χ0v) is 18.8. The predicted octanol–water partition coefficient (Wildman–Crippen LogP) is 5.73. The van der Waals surface area contributed by atoms with Crippen LogP contribution >= 0.6 is 12.4 Å². The number of fused-ring (bicyclic) bond motifs is 5. The van der Waals surface area contributed by atoms with Gasteiger partial charge in [0.25, 0.3) is 0 Å². The van der Waals surface area contributed by atoms with Crippen LogP contribution in [-0.2, 0) is 19.4 Å². The molecule has 0 aromatic heterocycles. The van der Waals surface area contributed by atoms with E-state index in [4.69, 9.17) is 4.74 Å². The van der Waals surface area contributed by atoms with Crippen molar-refractivity contribution in [3.05, 3.63) is 89.0 Å². The highest BCUT2D eigenvalue weighted by Crippen LogP contribution is 2.52. The van der Waals surface area contributed by atoms with Gasteiger partial charge in [-0.2, -0.15) is 0 Å². The van der Waals surface area contributed by atoms with E-state index in [0.717, 1.165) is 38.2 Å². The number of likely N-dealkylation sites (tertiary alicyclic amines) is 1. The highest BCUT2D eigenvalue weighted by Gasteiger charge is 2.44. The van der Waals surface area contributed by atoms with Crippen molar-refractivity contribution in [3.63, 3.8) is 0 Å². The molecule has 0 radical (unpaired) electrons. The normalized spacial score (nSPS) is 21.4. The van der Waals surface area contributed by atoms with E-state index >= 15 is 0 Å². The third kappa shape index (κ3) is 3.31. The number of hydrogen-bond donors (Lipinski definition) is 0. The van der Waals surface area contributed by atoms with Gasteiger partial charge in [-0.15, -0.1) is 12.4 Å². The van der Waals surface area contributed by atoms with Crippen molar-refractivity contribution in [3.8, 4) is 5.75 Å². The second kappa shape index (κ2) is 8.22. The summed E-state index contributed by atoms with van der Waals surface area (Å²) in [5, 5.41) is 0. The summed E-state index contributed by atoms with van der Waals surface area (Å²) in [7, 11) is 1.77. The predicted molar refractivity (Wildman–Crippen MR) is 129 cm³/mol. The summed E-state index contributed by atoms with van der Waals surface area (Å²) in [6.45, 7) is 3.19. The van der Waals surface area contributed by atoms with Gasteiger partial charge >= 0.3 is 0 Å². The molecule has 0 saturated carbocycles. The molecule has 0 amide bonds. The van der Waals surface area contributed by atoms with Gasteiger partial charge < -0.3 is 9.64 Å². The number of piperidine rings is 1. The quantitative estimate of drug-likeness (QED) is 0.526. The van der Waals surface area contributed by atoms with E-state index in [1.807, 2.05) is 0 Å². The lowest BCUT2D eigenvalue weighted by atomic mass is 9.87. The Balaban J connectivity index is 0.00000204. The van der Waals surface area contributed by atoms with Gasteiger partial charge in [-0.3, -0.25) is 4.90 Å². The zero-order valence-electron chi connectivity index (χ0n) is 18.0. The lowest BCUT2D eigenvalue weighted by Crippen LogP contribution is -2.44. The molecule has 160 valence electrons. The maximum absolute atomic E-state index is 5.61. The number of benzene rings is 3. The van der Waals surface area contributed by atoms with Gasteiger partial charge in [0.05, 0.1) is 7.11 Å². The Morgan fingerprint density at radius 2 is 1.68 bits per heavy atom. The third-order valence-corrected chi connectivity index (χ3v) is 7.28. The first kappa shape index (κ1) is 20.4. The summed E-state index contributed by atoms with van der Waals surface area (Å²) >= 11 is 0. The van der Waals surface area contributed by atoms with Crippen molar-refractivity contribution in [1.29, 1.82) is 0 Å². The molecule has 31 heavy (non-hydrogen) atoms. The summed E-state index contributed by atoms with van der Waals surface area (Å²) in [6, 6.07) is 25.1. The summed E-state index contributed by atoms with van der Waals surface area (Å²) in [4.78, 5) is 5.33. The van der Waals surface area contributed by atoms with Gasteiger partial charge in [0.2, 0.25) is 0 Å². The molecule has 3 aliphatic heterocycles. The topological polar surface area (TPSA) is 15.7 Å².